The van der Waals surface area contributed by atoms with Crippen LogP contribution in [0.3, 0.4) is 0 Å². The number of H-pyrrole nitrogens is 1. The largest absolute Gasteiger partial charge is 0.459 e. The molecule has 25 heteroatoms. The van der Waals surface area contributed by atoms with Gasteiger partial charge in [-0.25, -0.2) is 13.7 Å². The first-order valence-corrected chi connectivity index (χ1v) is 16.4. The molecule has 1 aromatic carbocycles. The molecular formula is C17H20BF2N6O13P3. The first-order chi connectivity index (χ1) is 19.3. The number of aromatic nitrogens is 2. The van der Waals surface area contributed by atoms with Crippen LogP contribution in [0.1, 0.15) is 18.2 Å². The summed E-state index contributed by atoms with van der Waals surface area (Å²) in [6, 6.07) is 1.72. The number of nitrogens with zero attached hydrogens (tertiary/aromatic N) is 5. The molecule has 1 aliphatic rings. The molecule has 1 aromatic heterocycles. The van der Waals surface area contributed by atoms with Gasteiger partial charge in [0.25, 0.3) is 26.3 Å². The summed E-state index contributed by atoms with van der Waals surface area (Å²) in [4.78, 5) is 57.9. The summed E-state index contributed by atoms with van der Waals surface area (Å²) in [6.45, 7) is 0.526. The Morgan fingerprint density at radius 1 is 1.29 bits per heavy atom. The third-order valence-corrected chi connectivity index (χ3v) is 11.6. The van der Waals surface area contributed by atoms with Gasteiger partial charge in [0.2, 0.25) is 0 Å². The maximum absolute atomic E-state index is 14.7. The number of halogens is 2. The molecule has 0 amide bonds. The second-order valence-corrected chi connectivity index (χ2v) is 14.9. The SMILES string of the molecule is BP(=O)(OC[C@H]1O[C@@H](n2cc(C)c(=O)[nH]c2=O)C[C@H]1N=[N+]=[N-])OP(=O)(O)C(F)(F)P(=O)(O)Oc1ccc([N+](=O)[O-])cc1. The van der Waals surface area contributed by atoms with Gasteiger partial charge in [-0.2, -0.15) is 8.78 Å². The number of aryl methyl sites for hydroxylation is 1. The molecule has 0 saturated carbocycles. The van der Waals surface area contributed by atoms with Crippen LogP contribution in [-0.2, 0) is 27.3 Å². The predicted octanol–water partition coefficient (Wildman–Crippen LogP) is 2.49. The molecule has 3 unspecified atom stereocenters. The lowest BCUT2D eigenvalue weighted by Crippen LogP contribution is -2.33. The molecule has 0 spiro atoms. The molecule has 3 rings (SSSR count). The number of non-ortho nitro benzene ring substituents is 1. The Labute approximate surface area is 233 Å². The highest BCUT2D eigenvalue weighted by Gasteiger charge is 2.69. The van der Waals surface area contributed by atoms with Crippen LogP contribution >= 0.6 is 22.7 Å². The molecule has 1 aliphatic heterocycles. The highest BCUT2D eigenvalue weighted by Crippen LogP contribution is 2.78. The van der Waals surface area contributed by atoms with Gasteiger partial charge in [0.15, 0.2) is 0 Å². The van der Waals surface area contributed by atoms with E-state index in [1.165, 1.54) is 6.92 Å². The third kappa shape index (κ3) is 7.23. The molecule has 1 saturated heterocycles. The summed E-state index contributed by atoms with van der Waals surface area (Å²) in [7, 11) is -17.6. The molecule has 0 bridgehead atoms. The van der Waals surface area contributed by atoms with Crippen molar-refractivity contribution in [1.29, 1.82) is 0 Å². The number of ether oxygens (including phenoxy) is 1. The average molecular weight is 658 g/mol. The van der Waals surface area contributed by atoms with E-state index in [-0.39, 0.29) is 12.0 Å². The quantitative estimate of drug-likeness (QED) is 0.0563. The molecule has 2 aromatic rings. The van der Waals surface area contributed by atoms with E-state index >= 15 is 0 Å². The van der Waals surface area contributed by atoms with Crippen molar-refractivity contribution in [2.45, 2.75) is 37.1 Å². The first kappa shape index (κ1) is 33.3. The first-order valence-electron chi connectivity index (χ1n) is 11.2. The van der Waals surface area contributed by atoms with E-state index in [1.54, 1.807) is 0 Å². The number of azide groups is 1. The molecule has 6 atom stereocenters. The fourth-order valence-corrected chi connectivity index (χ4v) is 8.35. The van der Waals surface area contributed by atoms with Crippen molar-refractivity contribution in [2.24, 2.45) is 5.11 Å². The van der Waals surface area contributed by atoms with Gasteiger partial charge in [-0.15, -0.1) is 0 Å². The van der Waals surface area contributed by atoms with Crippen molar-refractivity contribution in [1.82, 2.24) is 9.55 Å². The average Bonchev–Trinajstić information content (AvgIpc) is 3.27. The highest BCUT2D eigenvalue weighted by molar-refractivity contribution is 7.86. The smallest absolute Gasteiger partial charge is 0.420 e. The molecule has 42 heavy (non-hydrogen) atoms. The number of benzene rings is 1. The molecule has 0 radical (unpaired) electrons. The van der Waals surface area contributed by atoms with E-state index in [2.05, 4.69) is 18.9 Å². The second-order valence-electron chi connectivity index (χ2n) is 8.66. The molecule has 19 nitrogen and oxygen atoms in total. The summed E-state index contributed by atoms with van der Waals surface area (Å²) in [5, 5.41) is 8.57. The van der Waals surface area contributed by atoms with Gasteiger partial charge in [-0.1, -0.05) is 5.11 Å². The molecular weight excluding hydrogens is 638 g/mol. The van der Waals surface area contributed by atoms with Crippen LogP contribution in [0.5, 0.6) is 5.75 Å². The van der Waals surface area contributed by atoms with Crippen LogP contribution in [0.25, 0.3) is 10.4 Å². The van der Waals surface area contributed by atoms with E-state index in [0.29, 0.717) is 19.7 Å². The van der Waals surface area contributed by atoms with E-state index in [9.17, 15) is 52.0 Å². The normalized spacial score (nSPS) is 23.1. The Hall–Kier alpha value is -3.18. The third-order valence-electron chi connectivity index (χ3n) is 5.55. The van der Waals surface area contributed by atoms with Gasteiger partial charge in [-0.3, -0.25) is 33.6 Å². The Morgan fingerprint density at radius 2 is 1.90 bits per heavy atom. The Bertz CT molecular complexity index is 1680. The zero-order valence-corrected chi connectivity index (χ0v) is 23.9. The van der Waals surface area contributed by atoms with E-state index in [0.717, 1.165) is 22.9 Å². The van der Waals surface area contributed by atoms with Crippen LogP contribution < -0.4 is 15.8 Å². The van der Waals surface area contributed by atoms with Gasteiger partial charge < -0.3 is 23.6 Å². The second kappa shape index (κ2) is 12.2. The van der Waals surface area contributed by atoms with Gasteiger partial charge in [0.1, 0.15) is 12.0 Å². The number of nitro groups is 1. The van der Waals surface area contributed by atoms with Crippen LogP contribution in [0.15, 0.2) is 45.2 Å². The minimum atomic E-state index is -6.64. The number of nitrogens with one attached hydrogen (secondary N) is 1. The van der Waals surface area contributed by atoms with Crippen molar-refractivity contribution >= 4 is 35.9 Å². The lowest BCUT2D eigenvalue weighted by molar-refractivity contribution is -0.384. The van der Waals surface area contributed by atoms with E-state index in [1.807, 2.05) is 4.98 Å². The van der Waals surface area contributed by atoms with Crippen LogP contribution in [0.2, 0.25) is 0 Å². The highest BCUT2D eigenvalue weighted by atomic mass is 31.3. The standard InChI is InChI=1S/C17H20BF2N6O13P3/c1-9-7-25(16(28)22-15(9)27)14-6-12(23-24-21)13(37-14)8-36-42(18,35)39-41(33,34)17(19,20)40(31,32)38-11-4-2-10(3-5-11)26(29)30/h2-5,7,12-14H,6,8,18H2,1H3,(H,31,32)(H,33,34)(H,22,27,28)/t12-,13-,14-,42?/m1/s1. The van der Waals surface area contributed by atoms with Crippen molar-refractivity contribution in [3.8, 4) is 5.75 Å². The lowest BCUT2D eigenvalue weighted by Gasteiger charge is -2.28. The molecule has 3 N–H and O–H groups in total. The number of hydrogen-bond acceptors (Lipinski definition) is 12. The number of hydrogen-bond donors (Lipinski definition) is 3. The molecule has 0 aliphatic carbocycles. The van der Waals surface area contributed by atoms with Crippen molar-refractivity contribution < 1.29 is 55.3 Å². The van der Waals surface area contributed by atoms with Gasteiger partial charge in [-0.05, 0) is 24.6 Å². The summed E-state index contributed by atoms with van der Waals surface area (Å²) in [5.41, 5.74) is 6.90. The van der Waals surface area contributed by atoms with E-state index < -0.39 is 80.7 Å². The zero-order valence-electron chi connectivity index (χ0n) is 21.3. The number of nitro benzene ring substituents is 1. The van der Waals surface area contributed by atoms with E-state index in [4.69, 9.17) is 14.8 Å². The molecule has 228 valence electrons. The predicted molar refractivity (Wildman–Crippen MR) is 139 cm³/mol. The number of aromatic amines is 1. The summed E-state index contributed by atoms with van der Waals surface area (Å²) in [5.74, 6) is -0.809. The van der Waals surface area contributed by atoms with Crippen LogP contribution in [0.4, 0.5) is 14.5 Å². The molecule has 1 fully saturated rings. The minimum absolute atomic E-state index is 0.128. The summed E-state index contributed by atoms with van der Waals surface area (Å²) < 4.78 is 86.7. The van der Waals surface area contributed by atoms with Crippen LogP contribution in [0, 0.1) is 17.0 Å². The van der Waals surface area contributed by atoms with Crippen molar-refractivity contribution in [3.63, 3.8) is 0 Å². The summed E-state index contributed by atoms with van der Waals surface area (Å²) >= 11 is 0. The summed E-state index contributed by atoms with van der Waals surface area (Å²) in [6.07, 6.45) is -1.45. The Balaban J connectivity index is 1.73. The maximum Gasteiger partial charge on any atom is 0.459 e. The van der Waals surface area contributed by atoms with Crippen LogP contribution in [-0.4, -0.2) is 56.0 Å². The monoisotopic (exact) mass is 658 g/mol. The van der Waals surface area contributed by atoms with Gasteiger partial charge in [0, 0.05) is 35.2 Å². The maximum atomic E-state index is 14.7. The zero-order chi connectivity index (χ0) is 31.7. The van der Waals surface area contributed by atoms with Gasteiger partial charge >= 0.3 is 26.3 Å². The number of alkyl halides is 2. The number of rotatable bonds is 12. The lowest BCUT2D eigenvalue weighted by atomic mass is 10.1. The topological polar surface area (TPSA) is 275 Å². The van der Waals surface area contributed by atoms with Crippen molar-refractivity contribution in [2.75, 3.05) is 6.61 Å². The Morgan fingerprint density at radius 3 is 2.48 bits per heavy atom. The Kier molecular flexibility index (Phi) is 9.69. The molecule has 2 heterocycles. The van der Waals surface area contributed by atoms with Crippen molar-refractivity contribution in [3.05, 3.63) is 77.4 Å². The fraction of sp³-hybridized carbons (Fsp3) is 0.412. The fourth-order valence-electron chi connectivity index (χ4n) is 3.49. The minimum Gasteiger partial charge on any atom is -0.420 e. The van der Waals surface area contributed by atoms with Gasteiger partial charge in [0.05, 0.1) is 23.7 Å².